The van der Waals surface area contributed by atoms with Crippen LogP contribution >= 0.6 is 11.6 Å². The highest BCUT2D eigenvalue weighted by Gasteiger charge is 2.21. The number of amides is 1. The van der Waals surface area contributed by atoms with Gasteiger partial charge < -0.3 is 14.1 Å². The van der Waals surface area contributed by atoms with Crippen LogP contribution in [0.25, 0.3) is 11.0 Å². The van der Waals surface area contributed by atoms with Gasteiger partial charge in [-0.1, -0.05) is 29.8 Å². The minimum Gasteiger partial charge on any atom is -0.484 e. The highest BCUT2D eigenvalue weighted by Crippen LogP contribution is 2.27. The van der Waals surface area contributed by atoms with Crippen LogP contribution in [0.15, 0.2) is 52.9 Å². The van der Waals surface area contributed by atoms with E-state index in [-0.39, 0.29) is 23.6 Å². The number of rotatable bonds is 5. The third kappa shape index (κ3) is 3.77. The second-order valence-electron chi connectivity index (χ2n) is 5.73. The van der Waals surface area contributed by atoms with E-state index in [1.54, 1.807) is 11.9 Å². The van der Waals surface area contributed by atoms with Gasteiger partial charge in [-0.15, -0.1) is 0 Å². The fraction of sp³-hybridized carbons (Fsp3) is 0.211. The molecular formula is C19H17ClFNO3. The molecule has 0 aliphatic carbocycles. The molecule has 6 heteroatoms. The molecule has 0 saturated heterocycles. The number of ether oxygens (including phenoxy) is 1. The minimum atomic E-state index is -0.532. The van der Waals surface area contributed by atoms with Crippen LogP contribution in [0.5, 0.6) is 5.75 Å². The summed E-state index contributed by atoms with van der Waals surface area (Å²) in [5, 5.41) is 0.941. The third-order valence-electron chi connectivity index (χ3n) is 4.08. The van der Waals surface area contributed by atoms with E-state index in [2.05, 4.69) is 0 Å². The molecule has 0 aliphatic rings. The molecule has 0 N–H and O–H groups in total. The number of nitrogens with zero attached hydrogens (tertiary/aromatic N) is 1. The van der Waals surface area contributed by atoms with Gasteiger partial charge in [0.2, 0.25) is 0 Å². The number of benzene rings is 2. The number of carbonyl (C=O) groups excluding carboxylic acids is 1. The maximum Gasteiger partial charge on any atom is 0.260 e. The average molecular weight is 362 g/mol. The number of hydrogen-bond acceptors (Lipinski definition) is 3. The van der Waals surface area contributed by atoms with Crippen molar-refractivity contribution in [2.45, 2.75) is 13.0 Å². The third-order valence-corrected chi connectivity index (χ3v) is 4.37. The van der Waals surface area contributed by atoms with Crippen LogP contribution < -0.4 is 4.74 Å². The molecule has 1 atom stereocenters. The zero-order valence-corrected chi connectivity index (χ0v) is 14.6. The molecule has 0 unspecified atom stereocenters. The van der Waals surface area contributed by atoms with Crippen LogP contribution in [0.3, 0.4) is 0 Å². The van der Waals surface area contributed by atoms with Gasteiger partial charge in [0.15, 0.2) is 6.61 Å². The van der Waals surface area contributed by atoms with Crippen molar-refractivity contribution in [1.29, 1.82) is 0 Å². The fourth-order valence-corrected chi connectivity index (χ4v) is 2.60. The Morgan fingerprint density at radius 1 is 1.28 bits per heavy atom. The Morgan fingerprint density at radius 3 is 2.76 bits per heavy atom. The van der Waals surface area contributed by atoms with Gasteiger partial charge in [-0.25, -0.2) is 4.39 Å². The highest BCUT2D eigenvalue weighted by atomic mass is 35.5. The van der Waals surface area contributed by atoms with Crippen LogP contribution in [0.4, 0.5) is 4.39 Å². The summed E-state index contributed by atoms with van der Waals surface area (Å²) in [5.41, 5.74) is 0.780. The standard InChI is InChI=1S/C19H17ClFNO3/c1-12(18-9-13-5-3-4-6-17(13)25-18)22(2)19(23)11-24-14-7-8-16(21)15(20)10-14/h3-10,12H,11H2,1-2H3/t12-/m0/s1. The molecule has 0 spiro atoms. The van der Waals surface area contributed by atoms with Gasteiger partial charge >= 0.3 is 0 Å². The van der Waals surface area contributed by atoms with Crippen LogP contribution in [-0.4, -0.2) is 24.5 Å². The first-order valence-electron chi connectivity index (χ1n) is 7.77. The lowest BCUT2D eigenvalue weighted by Gasteiger charge is -2.23. The fourth-order valence-electron chi connectivity index (χ4n) is 2.43. The lowest BCUT2D eigenvalue weighted by Crippen LogP contribution is -2.33. The van der Waals surface area contributed by atoms with Gasteiger partial charge in [0.05, 0.1) is 11.1 Å². The highest BCUT2D eigenvalue weighted by molar-refractivity contribution is 6.30. The maximum absolute atomic E-state index is 13.1. The molecular weight excluding hydrogens is 345 g/mol. The van der Waals surface area contributed by atoms with Crippen molar-refractivity contribution in [3.05, 3.63) is 65.1 Å². The summed E-state index contributed by atoms with van der Waals surface area (Å²) in [6.45, 7) is 1.70. The molecule has 1 aromatic heterocycles. The van der Waals surface area contributed by atoms with E-state index in [1.807, 2.05) is 37.3 Å². The van der Waals surface area contributed by atoms with E-state index in [9.17, 15) is 9.18 Å². The minimum absolute atomic E-state index is 0.0473. The maximum atomic E-state index is 13.1. The Hall–Kier alpha value is -2.53. The van der Waals surface area contributed by atoms with Crippen molar-refractivity contribution in [2.75, 3.05) is 13.7 Å². The Bertz CT molecular complexity index is 876. The topological polar surface area (TPSA) is 42.7 Å². The molecule has 0 aliphatic heterocycles. The van der Waals surface area contributed by atoms with Crippen molar-refractivity contribution in [1.82, 2.24) is 4.90 Å². The van der Waals surface area contributed by atoms with Gasteiger partial charge in [0.25, 0.3) is 5.91 Å². The van der Waals surface area contributed by atoms with E-state index in [4.69, 9.17) is 20.8 Å². The molecule has 2 aromatic carbocycles. The van der Waals surface area contributed by atoms with E-state index in [1.165, 1.54) is 18.2 Å². The van der Waals surface area contributed by atoms with E-state index < -0.39 is 5.82 Å². The Kier molecular flexibility index (Phi) is 4.95. The number of halogens is 2. The van der Waals surface area contributed by atoms with Gasteiger partial charge in [-0.2, -0.15) is 0 Å². The smallest absolute Gasteiger partial charge is 0.260 e. The zero-order valence-electron chi connectivity index (χ0n) is 13.8. The molecule has 0 fully saturated rings. The van der Waals surface area contributed by atoms with Gasteiger partial charge in [-0.05, 0) is 31.2 Å². The monoisotopic (exact) mass is 361 g/mol. The first kappa shape index (κ1) is 17.3. The number of carbonyl (C=O) groups is 1. The second-order valence-corrected chi connectivity index (χ2v) is 6.14. The van der Waals surface area contributed by atoms with Crippen molar-refractivity contribution in [3.63, 3.8) is 0 Å². The number of likely N-dealkylation sites (N-methyl/N-ethyl adjacent to an activating group) is 1. The first-order chi connectivity index (χ1) is 12.0. The summed E-state index contributed by atoms with van der Waals surface area (Å²) in [6.07, 6.45) is 0. The quantitative estimate of drug-likeness (QED) is 0.654. The van der Waals surface area contributed by atoms with Crippen molar-refractivity contribution in [2.24, 2.45) is 0 Å². The summed E-state index contributed by atoms with van der Waals surface area (Å²) in [4.78, 5) is 13.9. The van der Waals surface area contributed by atoms with Crippen LogP contribution in [0.1, 0.15) is 18.7 Å². The second kappa shape index (κ2) is 7.15. The van der Waals surface area contributed by atoms with Crippen LogP contribution in [-0.2, 0) is 4.79 Å². The molecule has 3 rings (SSSR count). The normalized spacial score (nSPS) is 12.2. The molecule has 25 heavy (non-hydrogen) atoms. The first-order valence-corrected chi connectivity index (χ1v) is 8.15. The average Bonchev–Trinajstić information content (AvgIpc) is 3.05. The summed E-state index contributed by atoms with van der Waals surface area (Å²) in [5.74, 6) is 0.274. The molecule has 0 saturated carbocycles. The number of hydrogen-bond donors (Lipinski definition) is 0. The van der Waals surface area contributed by atoms with E-state index in [0.717, 1.165) is 11.0 Å². The summed E-state index contributed by atoms with van der Waals surface area (Å²) in [7, 11) is 1.68. The van der Waals surface area contributed by atoms with Crippen molar-refractivity contribution >= 4 is 28.5 Å². The molecule has 1 heterocycles. The number of fused-ring (bicyclic) bond motifs is 1. The number of furan rings is 1. The van der Waals surface area contributed by atoms with Crippen LogP contribution in [0.2, 0.25) is 5.02 Å². The Morgan fingerprint density at radius 2 is 2.04 bits per heavy atom. The molecule has 1 amide bonds. The van der Waals surface area contributed by atoms with Gasteiger partial charge in [0, 0.05) is 18.5 Å². The van der Waals surface area contributed by atoms with Crippen LogP contribution in [0, 0.1) is 5.82 Å². The van der Waals surface area contributed by atoms with Gasteiger partial charge in [0.1, 0.15) is 22.9 Å². The van der Waals surface area contributed by atoms with Crippen molar-refractivity contribution in [3.8, 4) is 5.75 Å². The van der Waals surface area contributed by atoms with Crippen molar-refractivity contribution < 1.29 is 18.3 Å². The summed E-state index contributed by atoms with van der Waals surface area (Å²) in [6, 6.07) is 13.3. The Labute approximate surface area is 149 Å². The predicted octanol–water partition coefficient (Wildman–Crippen LogP) is 4.82. The van der Waals surface area contributed by atoms with Gasteiger partial charge in [-0.3, -0.25) is 4.79 Å². The molecule has 3 aromatic rings. The molecule has 0 radical (unpaired) electrons. The summed E-state index contributed by atoms with van der Waals surface area (Å²) < 4.78 is 24.3. The largest absolute Gasteiger partial charge is 0.484 e. The molecule has 130 valence electrons. The molecule has 4 nitrogen and oxygen atoms in total. The van der Waals surface area contributed by atoms with E-state index >= 15 is 0 Å². The lowest BCUT2D eigenvalue weighted by atomic mass is 10.2. The predicted molar refractivity (Wildman–Crippen MR) is 94.3 cm³/mol. The zero-order chi connectivity index (χ0) is 18.0. The molecule has 0 bridgehead atoms. The number of para-hydroxylation sites is 1. The SMILES string of the molecule is C[C@@H](c1cc2ccccc2o1)N(C)C(=O)COc1ccc(F)c(Cl)c1. The van der Waals surface area contributed by atoms with E-state index in [0.29, 0.717) is 11.5 Å². The summed E-state index contributed by atoms with van der Waals surface area (Å²) >= 11 is 5.70. The Balaban J connectivity index is 1.65. The lowest BCUT2D eigenvalue weighted by molar-refractivity contribution is -0.134.